The van der Waals surface area contributed by atoms with Crippen LogP contribution in [0.1, 0.15) is 10.8 Å². The first-order valence-corrected chi connectivity index (χ1v) is 8.02. The van der Waals surface area contributed by atoms with Crippen LogP contribution in [0.3, 0.4) is 0 Å². The van der Waals surface area contributed by atoms with Gasteiger partial charge in [-0.1, -0.05) is 53.6 Å². The Labute approximate surface area is 135 Å². The Morgan fingerprint density at radius 3 is 2.35 bits per heavy atom. The normalized spacial score (nSPS) is 13.3. The highest BCUT2D eigenvalue weighted by molar-refractivity contribution is 7.92. The van der Waals surface area contributed by atoms with Crippen molar-refractivity contribution >= 4 is 23.0 Å². The summed E-state index contributed by atoms with van der Waals surface area (Å²) >= 11 is -1.56. The summed E-state index contributed by atoms with van der Waals surface area (Å²) in [6.45, 7) is 0. The summed E-state index contributed by atoms with van der Waals surface area (Å²) in [7, 11) is 0. The van der Waals surface area contributed by atoms with Crippen molar-refractivity contribution < 1.29 is 9.35 Å². The maximum Gasteiger partial charge on any atom is 0.285 e. The molecular formula is C15H13N5O2S. The van der Waals surface area contributed by atoms with Crippen molar-refractivity contribution in [3.8, 4) is 0 Å². The molecule has 0 bridgehead atoms. The van der Waals surface area contributed by atoms with Crippen LogP contribution in [0.15, 0.2) is 65.6 Å². The maximum absolute atomic E-state index is 12.9. The molecule has 1 amide bonds. The SMILES string of the molecule is O=C(Nc1nnn[nH]1)C(c1ccccc1)[S+]([O-])c1ccccc1. The Kier molecular flexibility index (Phi) is 4.65. The monoisotopic (exact) mass is 327 g/mol. The summed E-state index contributed by atoms with van der Waals surface area (Å²) in [5.41, 5.74) is 0.652. The molecule has 0 fully saturated rings. The number of hydrogen-bond donors (Lipinski definition) is 2. The third-order valence-electron chi connectivity index (χ3n) is 3.12. The van der Waals surface area contributed by atoms with Crippen molar-refractivity contribution in [2.75, 3.05) is 5.32 Å². The Morgan fingerprint density at radius 2 is 1.74 bits per heavy atom. The molecule has 1 heterocycles. The Hall–Kier alpha value is -2.71. The lowest BCUT2D eigenvalue weighted by molar-refractivity contribution is -0.116. The molecule has 0 saturated heterocycles. The molecule has 2 aromatic carbocycles. The minimum atomic E-state index is -1.56. The number of carbonyl (C=O) groups excluding carboxylic acids is 1. The number of aromatic nitrogens is 4. The molecule has 0 aliphatic rings. The van der Waals surface area contributed by atoms with Gasteiger partial charge in [0.25, 0.3) is 5.91 Å². The fourth-order valence-corrected chi connectivity index (χ4v) is 3.44. The highest BCUT2D eigenvalue weighted by atomic mass is 32.2. The van der Waals surface area contributed by atoms with Gasteiger partial charge in [-0.25, -0.2) is 5.10 Å². The van der Waals surface area contributed by atoms with Crippen molar-refractivity contribution in [3.05, 3.63) is 66.2 Å². The van der Waals surface area contributed by atoms with Crippen molar-refractivity contribution in [2.24, 2.45) is 0 Å². The zero-order chi connectivity index (χ0) is 16.1. The third kappa shape index (κ3) is 3.55. The van der Waals surface area contributed by atoms with E-state index in [9.17, 15) is 9.35 Å². The number of anilines is 1. The van der Waals surface area contributed by atoms with Gasteiger partial charge in [0.05, 0.1) is 0 Å². The van der Waals surface area contributed by atoms with Crippen LogP contribution in [-0.4, -0.2) is 31.1 Å². The van der Waals surface area contributed by atoms with Crippen molar-refractivity contribution in [1.82, 2.24) is 20.6 Å². The number of nitrogens with one attached hydrogen (secondary N) is 2. The molecule has 0 spiro atoms. The molecule has 0 aliphatic heterocycles. The Morgan fingerprint density at radius 1 is 1.09 bits per heavy atom. The summed E-state index contributed by atoms with van der Waals surface area (Å²) in [5, 5.41) is 14.5. The molecule has 0 radical (unpaired) electrons. The first-order chi connectivity index (χ1) is 11.3. The van der Waals surface area contributed by atoms with Crippen LogP contribution < -0.4 is 5.32 Å². The first-order valence-electron chi connectivity index (χ1n) is 6.81. The summed E-state index contributed by atoms with van der Waals surface area (Å²) in [6, 6.07) is 17.8. The quantitative estimate of drug-likeness (QED) is 0.694. The zero-order valence-electron chi connectivity index (χ0n) is 11.9. The lowest BCUT2D eigenvalue weighted by Gasteiger charge is -2.20. The summed E-state index contributed by atoms with van der Waals surface area (Å²) in [6.07, 6.45) is 0. The molecule has 2 atom stereocenters. The number of amides is 1. The number of aromatic amines is 1. The van der Waals surface area contributed by atoms with Gasteiger partial charge in [-0.05, 0) is 22.6 Å². The van der Waals surface area contributed by atoms with E-state index in [1.165, 1.54) is 0 Å². The second-order valence-electron chi connectivity index (χ2n) is 4.64. The van der Waals surface area contributed by atoms with E-state index in [0.717, 1.165) is 0 Å². The van der Waals surface area contributed by atoms with Crippen LogP contribution in [0.25, 0.3) is 0 Å². The van der Waals surface area contributed by atoms with Crippen LogP contribution in [0, 0.1) is 0 Å². The van der Waals surface area contributed by atoms with E-state index in [2.05, 4.69) is 25.9 Å². The number of nitrogens with zero attached hydrogens (tertiary/aromatic N) is 3. The molecule has 23 heavy (non-hydrogen) atoms. The molecule has 2 N–H and O–H groups in total. The lowest BCUT2D eigenvalue weighted by Crippen LogP contribution is -2.28. The molecule has 0 aliphatic carbocycles. The van der Waals surface area contributed by atoms with Gasteiger partial charge in [0.1, 0.15) is 0 Å². The van der Waals surface area contributed by atoms with Crippen LogP contribution >= 0.6 is 0 Å². The fraction of sp³-hybridized carbons (Fsp3) is 0.0667. The molecule has 3 rings (SSSR count). The van der Waals surface area contributed by atoms with Gasteiger partial charge in [-0.3, -0.25) is 10.1 Å². The summed E-state index contributed by atoms with van der Waals surface area (Å²) in [5.74, 6) is -0.335. The molecule has 116 valence electrons. The lowest BCUT2D eigenvalue weighted by atomic mass is 10.1. The van der Waals surface area contributed by atoms with Gasteiger partial charge in [-0.2, -0.15) is 0 Å². The predicted octanol–water partition coefficient (Wildman–Crippen LogP) is 1.69. The van der Waals surface area contributed by atoms with E-state index >= 15 is 0 Å². The van der Waals surface area contributed by atoms with E-state index in [1.807, 2.05) is 12.1 Å². The number of carbonyl (C=O) groups is 1. The molecule has 7 nitrogen and oxygen atoms in total. The highest BCUT2D eigenvalue weighted by Crippen LogP contribution is 2.29. The van der Waals surface area contributed by atoms with Crippen molar-refractivity contribution in [3.63, 3.8) is 0 Å². The number of hydrogen-bond acceptors (Lipinski definition) is 5. The van der Waals surface area contributed by atoms with Gasteiger partial charge in [0.15, 0.2) is 4.90 Å². The molecule has 2 unspecified atom stereocenters. The molecule has 8 heteroatoms. The topological polar surface area (TPSA) is 107 Å². The fourth-order valence-electron chi connectivity index (χ4n) is 2.09. The van der Waals surface area contributed by atoms with Gasteiger partial charge < -0.3 is 4.55 Å². The molecular weight excluding hydrogens is 314 g/mol. The number of tetrazole rings is 1. The smallest absolute Gasteiger partial charge is 0.285 e. The highest BCUT2D eigenvalue weighted by Gasteiger charge is 2.34. The average Bonchev–Trinajstić information content (AvgIpc) is 3.10. The second-order valence-corrected chi connectivity index (χ2v) is 6.18. The minimum absolute atomic E-state index is 0.112. The molecule has 0 saturated carbocycles. The molecule has 3 aromatic rings. The van der Waals surface area contributed by atoms with E-state index in [0.29, 0.717) is 10.5 Å². The summed E-state index contributed by atoms with van der Waals surface area (Å²) in [4.78, 5) is 13.2. The van der Waals surface area contributed by atoms with Gasteiger partial charge in [0.2, 0.25) is 11.2 Å². The average molecular weight is 327 g/mol. The third-order valence-corrected chi connectivity index (χ3v) is 4.77. The first kappa shape index (κ1) is 15.2. The van der Waals surface area contributed by atoms with Crippen LogP contribution in [0.2, 0.25) is 0 Å². The Balaban J connectivity index is 1.92. The van der Waals surface area contributed by atoms with Crippen LogP contribution in [-0.2, 0) is 16.0 Å². The second kappa shape index (κ2) is 7.03. The van der Waals surface area contributed by atoms with Gasteiger partial charge >= 0.3 is 0 Å². The van der Waals surface area contributed by atoms with E-state index in [4.69, 9.17) is 0 Å². The van der Waals surface area contributed by atoms with Crippen molar-refractivity contribution in [1.29, 1.82) is 0 Å². The number of benzene rings is 2. The van der Waals surface area contributed by atoms with Crippen molar-refractivity contribution in [2.45, 2.75) is 10.1 Å². The zero-order valence-corrected chi connectivity index (χ0v) is 12.7. The minimum Gasteiger partial charge on any atom is -0.611 e. The van der Waals surface area contributed by atoms with E-state index < -0.39 is 22.3 Å². The largest absolute Gasteiger partial charge is 0.611 e. The summed E-state index contributed by atoms with van der Waals surface area (Å²) < 4.78 is 12.9. The van der Waals surface area contributed by atoms with E-state index in [1.54, 1.807) is 48.5 Å². The molecule has 1 aromatic heterocycles. The maximum atomic E-state index is 12.9. The van der Waals surface area contributed by atoms with Crippen LogP contribution in [0.4, 0.5) is 5.95 Å². The predicted molar refractivity (Wildman–Crippen MR) is 84.8 cm³/mol. The Bertz CT molecular complexity index is 752. The standard InChI is InChI=1S/C15H13N5O2S/c21-14(16-15-17-19-20-18-15)13(11-7-3-1-4-8-11)23(22)12-9-5-2-6-10-12/h1-10,13H,(H2,16,17,18,19,20,21). The van der Waals surface area contributed by atoms with Gasteiger partial charge in [-0.15, -0.1) is 0 Å². The number of H-pyrrole nitrogens is 1. The van der Waals surface area contributed by atoms with Gasteiger partial charge in [0, 0.05) is 16.7 Å². The number of rotatable bonds is 5. The van der Waals surface area contributed by atoms with Crippen LogP contribution in [0.5, 0.6) is 0 Å². The van der Waals surface area contributed by atoms with E-state index in [-0.39, 0.29) is 5.95 Å².